The summed E-state index contributed by atoms with van der Waals surface area (Å²) >= 11 is 7.27. The molecule has 180 valence electrons. The number of aromatic nitrogens is 4. The molecule has 0 amide bonds. The Hall–Kier alpha value is -1.99. The Bertz CT molecular complexity index is 1450. The van der Waals surface area contributed by atoms with Gasteiger partial charge in [-0.2, -0.15) is 0 Å². The highest BCUT2D eigenvalue weighted by Gasteiger charge is 2.42. The quantitative estimate of drug-likeness (QED) is 0.499. The van der Waals surface area contributed by atoms with Gasteiger partial charge in [-0.3, -0.25) is 4.40 Å². The van der Waals surface area contributed by atoms with E-state index in [1.165, 1.54) is 6.20 Å². The molecule has 1 saturated carbocycles. The van der Waals surface area contributed by atoms with Crippen LogP contribution in [0.25, 0.3) is 21.9 Å². The van der Waals surface area contributed by atoms with E-state index >= 15 is 0 Å². The molecule has 13 heteroatoms. The Balaban J connectivity index is 1.57. The van der Waals surface area contributed by atoms with E-state index in [4.69, 9.17) is 11.6 Å². The molecule has 3 aliphatic rings. The minimum absolute atomic E-state index is 0.0591. The van der Waals surface area contributed by atoms with Gasteiger partial charge >= 0.3 is 0 Å². The third kappa shape index (κ3) is 3.85. The number of sulfonamides is 1. The van der Waals surface area contributed by atoms with Crippen molar-refractivity contribution in [1.82, 2.24) is 29.6 Å². The number of hydrogen-bond donors (Lipinski definition) is 2. The summed E-state index contributed by atoms with van der Waals surface area (Å²) in [6, 6.07) is 2.17. The lowest BCUT2D eigenvalue weighted by molar-refractivity contribution is 0.150. The molecule has 1 saturated heterocycles. The van der Waals surface area contributed by atoms with Crippen LogP contribution in [0.15, 0.2) is 23.2 Å². The number of hydrogen-bond acceptors (Lipinski definition) is 7. The van der Waals surface area contributed by atoms with Gasteiger partial charge in [-0.05, 0) is 50.7 Å². The van der Waals surface area contributed by atoms with E-state index in [-0.39, 0.29) is 26.9 Å². The van der Waals surface area contributed by atoms with Crippen LogP contribution in [0.4, 0.5) is 8.78 Å². The summed E-state index contributed by atoms with van der Waals surface area (Å²) in [5.74, 6) is 0.179. The Morgan fingerprint density at radius 2 is 2.12 bits per heavy atom. The summed E-state index contributed by atoms with van der Waals surface area (Å²) in [6.07, 6.45) is 5.11. The van der Waals surface area contributed by atoms with E-state index in [1.807, 2.05) is 6.92 Å². The van der Waals surface area contributed by atoms with Crippen molar-refractivity contribution in [2.75, 3.05) is 0 Å². The van der Waals surface area contributed by atoms with Gasteiger partial charge in [0, 0.05) is 29.4 Å². The average Bonchev–Trinajstić information content (AvgIpc) is 3.12. The Morgan fingerprint density at radius 3 is 2.79 bits per heavy atom. The van der Waals surface area contributed by atoms with Crippen molar-refractivity contribution in [3.63, 3.8) is 0 Å². The molecule has 0 spiro atoms. The van der Waals surface area contributed by atoms with E-state index < -0.39 is 27.0 Å². The molecule has 6 rings (SSSR count). The topological polar surface area (TPSA) is 101 Å². The maximum absolute atomic E-state index is 13.3. The normalized spacial score (nSPS) is 23.6. The summed E-state index contributed by atoms with van der Waals surface area (Å²) in [5, 5.41) is 10.8. The predicted molar refractivity (Wildman–Crippen MR) is 125 cm³/mol. The SMILES string of the molecule is CC1(NS(=O)(=O)c2cc(C3=C[C@H]4CC[C@@H](C3)N4)c3c(Cl)nc(-c4nnc(C(F)F)s4)n3c2)CC1. The van der Waals surface area contributed by atoms with E-state index in [1.54, 1.807) is 10.5 Å². The van der Waals surface area contributed by atoms with Crippen LogP contribution in [0.3, 0.4) is 0 Å². The number of pyridine rings is 1. The second-order valence-electron chi connectivity index (χ2n) is 9.39. The number of nitrogens with one attached hydrogen (secondary N) is 2. The first-order valence-electron chi connectivity index (χ1n) is 11.0. The summed E-state index contributed by atoms with van der Waals surface area (Å²) in [6.45, 7) is 1.86. The second-order valence-corrected chi connectivity index (χ2v) is 12.4. The fraction of sp³-hybridized carbons (Fsp3) is 0.476. The van der Waals surface area contributed by atoms with Gasteiger partial charge in [0.05, 0.1) is 10.4 Å². The standard InChI is InChI=1S/C21H21ClF2N6O2S2/c1-21(4-5-21)29-34(31,32)13-8-14(10-6-11-2-3-12(7-10)25-11)15-16(22)26-18(30(15)9-13)20-28-27-19(33-20)17(23)24/h6,8-9,11-12,17,25,29H,2-5,7H2,1H3/t11-,12+/m1/s1. The molecule has 3 aromatic rings. The van der Waals surface area contributed by atoms with Gasteiger partial charge < -0.3 is 5.32 Å². The summed E-state index contributed by atoms with van der Waals surface area (Å²) in [4.78, 5) is 4.44. The zero-order chi connectivity index (χ0) is 23.8. The molecule has 2 aliphatic heterocycles. The van der Waals surface area contributed by atoms with Crippen molar-refractivity contribution in [3.05, 3.63) is 34.1 Å². The van der Waals surface area contributed by atoms with Gasteiger partial charge in [0.2, 0.25) is 10.0 Å². The van der Waals surface area contributed by atoms with E-state index in [0.717, 1.165) is 37.7 Å². The van der Waals surface area contributed by atoms with Crippen molar-refractivity contribution in [1.29, 1.82) is 0 Å². The van der Waals surface area contributed by atoms with Gasteiger partial charge in [-0.25, -0.2) is 26.9 Å². The Morgan fingerprint density at radius 1 is 1.32 bits per heavy atom. The van der Waals surface area contributed by atoms with Gasteiger partial charge in [-0.1, -0.05) is 29.0 Å². The number of imidazole rings is 1. The number of halogens is 3. The minimum atomic E-state index is -3.85. The lowest BCUT2D eigenvalue weighted by atomic mass is 9.96. The first-order chi connectivity index (χ1) is 16.1. The molecule has 0 radical (unpaired) electrons. The molecule has 0 unspecified atom stereocenters. The second kappa shape index (κ2) is 7.76. The molecule has 2 bridgehead atoms. The van der Waals surface area contributed by atoms with Crippen LogP contribution in [-0.2, 0) is 10.0 Å². The molecular weight excluding hydrogens is 506 g/mol. The van der Waals surface area contributed by atoms with E-state index in [9.17, 15) is 17.2 Å². The van der Waals surface area contributed by atoms with Gasteiger partial charge in [0.25, 0.3) is 6.43 Å². The lowest BCUT2D eigenvalue weighted by Crippen LogP contribution is -2.34. The molecule has 2 fully saturated rings. The predicted octanol–water partition coefficient (Wildman–Crippen LogP) is 4.18. The molecule has 0 aromatic carbocycles. The van der Waals surface area contributed by atoms with Crippen molar-refractivity contribution in [2.45, 2.75) is 68.0 Å². The third-order valence-corrected chi connectivity index (χ3v) is 9.46. The van der Waals surface area contributed by atoms with Gasteiger partial charge in [0.1, 0.15) is 0 Å². The minimum Gasteiger partial charge on any atom is -0.307 e. The zero-order valence-electron chi connectivity index (χ0n) is 18.1. The molecule has 1 aliphatic carbocycles. The smallest absolute Gasteiger partial charge is 0.291 e. The van der Waals surface area contributed by atoms with Crippen LogP contribution in [0.1, 0.15) is 56.0 Å². The van der Waals surface area contributed by atoms with Crippen molar-refractivity contribution in [2.24, 2.45) is 0 Å². The highest BCUT2D eigenvalue weighted by molar-refractivity contribution is 7.89. The number of alkyl halides is 2. The third-order valence-electron chi connectivity index (χ3n) is 6.67. The maximum Gasteiger partial charge on any atom is 0.291 e. The van der Waals surface area contributed by atoms with Gasteiger partial charge in [-0.15, -0.1) is 10.2 Å². The summed E-state index contributed by atoms with van der Waals surface area (Å²) in [7, 11) is -3.85. The van der Waals surface area contributed by atoms with Crippen molar-refractivity contribution < 1.29 is 17.2 Å². The monoisotopic (exact) mass is 526 g/mol. The van der Waals surface area contributed by atoms with Crippen LogP contribution < -0.4 is 10.0 Å². The highest BCUT2D eigenvalue weighted by atomic mass is 35.5. The van der Waals surface area contributed by atoms with E-state index in [2.05, 4.69) is 31.3 Å². The number of fused-ring (bicyclic) bond motifs is 3. The molecular formula is C21H21ClF2N6O2S2. The Labute approximate surface area is 203 Å². The van der Waals surface area contributed by atoms with Crippen LogP contribution in [0, 0.1) is 0 Å². The Kier molecular flexibility index (Phi) is 5.13. The summed E-state index contributed by atoms with van der Waals surface area (Å²) < 4.78 is 57.2. The fourth-order valence-corrected chi connectivity index (χ4v) is 7.14. The lowest BCUT2D eigenvalue weighted by Gasteiger charge is -2.23. The first-order valence-corrected chi connectivity index (χ1v) is 13.6. The maximum atomic E-state index is 13.3. The molecule has 2 atom stereocenters. The van der Waals surface area contributed by atoms with Crippen LogP contribution in [0.2, 0.25) is 5.15 Å². The van der Waals surface area contributed by atoms with E-state index in [0.29, 0.717) is 28.5 Å². The zero-order valence-corrected chi connectivity index (χ0v) is 20.4. The molecule has 2 N–H and O–H groups in total. The highest BCUT2D eigenvalue weighted by Crippen LogP contribution is 2.40. The van der Waals surface area contributed by atoms with Crippen LogP contribution in [-0.4, -0.2) is 45.6 Å². The summed E-state index contributed by atoms with van der Waals surface area (Å²) in [5.41, 5.74) is 1.73. The van der Waals surface area contributed by atoms with Gasteiger partial charge in [0.15, 0.2) is 21.0 Å². The molecule has 3 aromatic heterocycles. The van der Waals surface area contributed by atoms with Crippen LogP contribution in [0.5, 0.6) is 0 Å². The average molecular weight is 527 g/mol. The van der Waals surface area contributed by atoms with Crippen molar-refractivity contribution >= 4 is 44.1 Å². The number of nitrogens with zero attached hydrogens (tertiary/aromatic N) is 4. The van der Waals surface area contributed by atoms with Crippen molar-refractivity contribution in [3.8, 4) is 10.8 Å². The molecule has 8 nitrogen and oxygen atoms in total. The largest absolute Gasteiger partial charge is 0.307 e. The van der Waals surface area contributed by atoms with Crippen LogP contribution >= 0.6 is 22.9 Å². The molecule has 5 heterocycles. The number of rotatable bonds is 6. The molecule has 34 heavy (non-hydrogen) atoms. The first kappa shape index (κ1) is 22.5. The fourth-order valence-electron chi connectivity index (χ4n) is 4.69.